The molecule has 0 aromatic carbocycles. The monoisotopic (exact) mass is 253 g/mol. The normalized spacial score (nSPS) is 12.7. The van der Waals surface area contributed by atoms with E-state index < -0.39 is 10.5 Å². The second-order valence-corrected chi connectivity index (χ2v) is 4.78. The number of rotatable bonds is 6. The first-order valence-electron chi connectivity index (χ1n) is 5.99. The molecule has 1 N–H and O–H groups in total. The highest BCUT2D eigenvalue weighted by Crippen LogP contribution is 2.04. The van der Waals surface area contributed by atoms with Crippen LogP contribution in [-0.4, -0.2) is 22.1 Å². The van der Waals surface area contributed by atoms with Crippen molar-refractivity contribution in [2.24, 2.45) is 5.92 Å². The van der Waals surface area contributed by atoms with Gasteiger partial charge in [0, 0.05) is 24.8 Å². The van der Waals surface area contributed by atoms with Crippen LogP contribution in [0, 0.1) is 16.0 Å². The van der Waals surface area contributed by atoms with Gasteiger partial charge in [0.15, 0.2) is 0 Å². The van der Waals surface area contributed by atoms with Crippen molar-refractivity contribution in [3.8, 4) is 0 Å². The van der Waals surface area contributed by atoms with Crippen molar-refractivity contribution >= 4 is 5.69 Å². The Labute approximate surface area is 106 Å². The lowest BCUT2D eigenvalue weighted by Crippen LogP contribution is -2.32. The van der Waals surface area contributed by atoms with E-state index in [4.69, 9.17) is 0 Å². The molecule has 6 nitrogen and oxygen atoms in total. The van der Waals surface area contributed by atoms with Gasteiger partial charge in [-0.15, -0.1) is 0 Å². The predicted molar refractivity (Wildman–Crippen MR) is 69.7 cm³/mol. The van der Waals surface area contributed by atoms with E-state index in [1.807, 2.05) is 20.8 Å². The molecule has 0 aliphatic carbocycles. The molecule has 18 heavy (non-hydrogen) atoms. The number of nitro groups is 1. The van der Waals surface area contributed by atoms with E-state index in [1.54, 1.807) is 6.20 Å². The predicted octanol–water partition coefficient (Wildman–Crippen LogP) is 1.39. The van der Waals surface area contributed by atoms with Crippen LogP contribution in [0.4, 0.5) is 5.69 Å². The third-order valence-electron chi connectivity index (χ3n) is 2.58. The zero-order chi connectivity index (χ0) is 13.7. The molecule has 0 radical (unpaired) electrons. The summed E-state index contributed by atoms with van der Waals surface area (Å²) in [5.74, 6) is 0.229. The van der Waals surface area contributed by atoms with Gasteiger partial charge in [-0.3, -0.25) is 14.9 Å². The van der Waals surface area contributed by atoms with Crippen LogP contribution in [-0.2, 0) is 6.54 Å². The van der Waals surface area contributed by atoms with E-state index >= 15 is 0 Å². The molecule has 1 aromatic heterocycles. The molecule has 1 aromatic rings. The minimum absolute atomic E-state index is 0.229. The summed E-state index contributed by atoms with van der Waals surface area (Å²) in [6.07, 6.45) is 1.58. The van der Waals surface area contributed by atoms with Crippen LogP contribution in [0.3, 0.4) is 0 Å². The molecule has 0 spiro atoms. The minimum Gasteiger partial charge on any atom is -0.314 e. The number of hydrogen-bond acceptors (Lipinski definition) is 4. The largest absolute Gasteiger partial charge is 0.334 e. The van der Waals surface area contributed by atoms with Crippen molar-refractivity contribution in [2.75, 3.05) is 6.54 Å². The van der Waals surface area contributed by atoms with Crippen molar-refractivity contribution in [3.05, 3.63) is 38.8 Å². The third kappa shape index (κ3) is 3.96. The van der Waals surface area contributed by atoms with Gasteiger partial charge in [-0.1, -0.05) is 20.8 Å². The van der Waals surface area contributed by atoms with Crippen LogP contribution in [0.15, 0.2) is 23.1 Å². The van der Waals surface area contributed by atoms with E-state index in [2.05, 4.69) is 5.32 Å². The summed E-state index contributed by atoms with van der Waals surface area (Å²) in [6, 6.07) is 3.15. The Balaban J connectivity index is 2.76. The van der Waals surface area contributed by atoms with Gasteiger partial charge in [0.05, 0.1) is 4.92 Å². The van der Waals surface area contributed by atoms with Crippen LogP contribution < -0.4 is 10.9 Å². The average Bonchev–Trinajstić information content (AvgIpc) is 2.29. The van der Waals surface area contributed by atoms with Gasteiger partial charge in [-0.05, 0) is 18.5 Å². The lowest BCUT2D eigenvalue weighted by Gasteiger charge is -2.15. The van der Waals surface area contributed by atoms with Crippen molar-refractivity contribution < 1.29 is 4.92 Å². The van der Waals surface area contributed by atoms with E-state index in [-0.39, 0.29) is 11.6 Å². The Morgan fingerprint density at radius 3 is 2.67 bits per heavy atom. The zero-order valence-electron chi connectivity index (χ0n) is 10.9. The maximum Gasteiger partial charge on any atom is 0.334 e. The van der Waals surface area contributed by atoms with Gasteiger partial charge in [-0.25, -0.2) is 0 Å². The summed E-state index contributed by atoms with van der Waals surface area (Å²) in [5, 5.41) is 13.9. The third-order valence-corrected chi connectivity index (χ3v) is 2.58. The highest BCUT2D eigenvalue weighted by atomic mass is 16.6. The van der Waals surface area contributed by atoms with Gasteiger partial charge in [-0.2, -0.15) is 0 Å². The van der Waals surface area contributed by atoms with Crippen LogP contribution in [0.5, 0.6) is 0 Å². The Bertz CT molecular complexity index is 468. The fourth-order valence-corrected chi connectivity index (χ4v) is 1.64. The molecule has 0 saturated carbocycles. The fourth-order valence-electron chi connectivity index (χ4n) is 1.64. The maximum absolute atomic E-state index is 11.8. The second-order valence-electron chi connectivity index (χ2n) is 4.78. The molecule has 0 amide bonds. The Morgan fingerprint density at radius 2 is 2.11 bits per heavy atom. The summed E-state index contributed by atoms with van der Waals surface area (Å²) in [4.78, 5) is 21.8. The van der Waals surface area contributed by atoms with E-state index in [1.165, 1.54) is 16.7 Å². The quantitative estimate of drug-likeness (QED) is 0.614. The summed E-state index contributed by atoms with van der Waals surface area (Å²) < 4.78 is 1.39. The number of nitrogens with zero attached hydrogens (tertiary/aromatic N) is 2. The molecule has 6 heteroatoms. The Hall–Kier alpha value is -1.69. The number of pyridine rings is 1. The van der Waals surface area contributed by atoms with Gasteiger partial charge in [0.1, 0.15) is 0 Å². The van der Waals surface area contributed by atoms with Gasteiger partial charge in [0.2, 0.25) is 0 Å². The van der Waals surface area contributed by atoms with E-state index in [0.29, 0.717) is 12.6 Å². The molecular formula is C12H19N3O3. The first-order chi connectivity index (χ1) is 8.41. The number of nitrogens with one attached hydrogen (secondary N) is 1. The molecule has 1 rings (SSSR count). The molecule has 1 atom stereocenters. The smallest absolute Gasteiger partial charge is 0.314 e. The Morgan fingerprint density at radius 1 is 1.44 bits per heavy atom. The molecular weight excluding hydrogens is 234 g/mol. The SMILES string of the molecule is CC(CNC(C)C)Cn1cccc([N+](=O)[O-])c1=O. The van der Waals surface area contributed by atoms with Crippen molar-refractivity contribution in [2.45, 2.75) is 33.4 Å². The van der Waals surface area contributed by atoms with Crippen molar-refractivity contribution in [1.82, 2.24) is 9.88 Å². The maximum atomic E-state index is 11.8. The van der Waals surface area contributed by atoms with Gasteiger partial charge < -0.3 is 9.88 Å². The lowest BCUT2D eigenvalue weighted by atomic mass is 10.1. The average molecular weight is 253 g/mol. The standard InChI is InChI=1S/C12H19N3O3/c1-9(2)13-7-10(3)8-14-6-4-5-11(12(14)16)15(17)18/h4-6,9-10,13H,7-8H2,1-3H3. The first kappa shape index (κ1) is 14.4. The van der Waals surface area contributed by atoms with E-state index in [9.17, 15) is 14.9 Å². The molecule has 0 bridgehead atoms. The Kier molecular flexibility index (Phi) is 5.03. The minimum atomic E-state index is -0.643. The number of aromatic nitrogens is 1. The molecule has 1 unspecified atom stereocenters. The summed E-state index contributed by atoms with van der Waals surface area (Å²) in [7, 11) is 0. The second kappa shape index (κ2) is 6.30. The molecule has 0 fully saturated rings. The topological polar surface area (TPSA) is 77.2 Å². The first-order valence-corrected chi connectivity index (χ1v) is 5.99. The van der Waals surface area contributed by atoms with Crippen molar-refractivity contribution in [1.29, 1.82) is 0 Å². The molecule has 1 heterocycles. The highest BCUT2D eigenvalue weighted by Gasteiger charge is 2.14. The summed E-state index contributed by atoms with van der Waals surface area (Å²) in [5.41, 5.74) is -0.916. The zero-order valence-corrected chi connectivity index (χ0v) is 10.9. The van der Waals surface area contributed by atoms with Crippen LogP contribution in [0.2, 0.25) is 0 Å². The molecule has 0 aliphatic rings. The van der Waals surface area contributed by atoms with Crippen LogP contribution in [0.25, 0.3) is 0 Å². The van der Waals surface area contributed by atoms with Crippen LogP contribution >= 0.6 is 0 Å². The summed E-state index contributed by atoms with van der Waals surface area (Å²) >= 11 is 0. The number of hydrogen-bond donors (Lipinski definition) is 1. The molecule has 100 valence electrons. The lowest BCUT2D eigenvalue weighted by molar-refractivity contribution is -0.386. The van der Waals surface area contributed by atoms with Gasteiger partial charge in [0.25, 0.3) is 0 Å². The molecule has 0 saturated heterocycles. The summed E-state index contributed by atoms with van der Waals surface area (Å²) in [6.45, 7) is 7.34. The highest BCUT2D eigenvalue weighted by molar-refractivity contribution is 5.25. The van der Waals surface area contributed by atoms with E-state index in [0.717, 1.165) is 6.54 Å². The van der Waals surface area contributed by atoms with Gasteiger partial charge >= 0.3 is 11.2 Å². The van der Waals surface area contributed by atoms with Crippen molar-refractivity contribution in [3.63, 3.8) is 0 Å². The molecule has 0 aliphatic heterocycles. The fraction of sp³-hybridized carbons (Fsp3) is 0.583. The van der Waals surface area contributed by atoms with Crippen LogP contribution in [0.1, 0.15) is 20.8 Å².